The monoisotopic (exact) mass is 334 g/mol. The summed E-state index contributed by atoms with van der Waals surface area (Å²) in [6, 6.07) is 8.76. The molecule has 2 spiro atoms. The summed E-state index contributed by atoms with van der Waals surface area (Å²) in [5.74, 6) is -0.297. The van der Waals surface area contributed by atoms with E-state index in [1.807, 2.05) is 0 Å². The van der Waals surface area contributed by atoms with Crippen LogP contribution in [0.5, 0.6) is 0 Å². The topological polar surface area (TPSA) is 18.5 Å². The molecule has 20 heavy (non-hydrogen) atoms. The predicted octanol–water partition coefficient (Wildman–Crippen LogP) is 4.38. The Kier molecular flexibility index (Phi) is 3.06. The van der Waals surface area contributed by atoms with Gasteiger partial charge in [0.2, 0.25) is 0 Å². The first kappa shape index (κ1) is 13.1. The third-order valence-electron chi connectivity index (χ3n) is 5.10. The van der Waals surface area contributed by atoms with Gasteiger partial charge in [0.25, 0.3) is 0 Å². The molecule has 0 unspecified atom stereocenters. The summed E-state index contributed by atoms with van der Waals surface area (Å²) in [5.41, 5.74) is 2.99. The number of halogens is 1. The molecular weight excluding hydrogens is 316 g/mol. The highest BCUT2D eigenvalue weighted by atomic mass is 79.9. The molecule has 1 heterocycles. The maximum atomic E-state index is 5.98. The Morgan fingerprint density at radius 1 is 0.950 bits per heavy atom. The second-order valence-corrected chi connectivity index (χ2v) is 6.98. The van der Waals surface area contributed by atoms with Crippen LogP contribution in [0.3, 0.4) is 0 Å². The number of hydrogen-bond acceptors (Lipinski definition) is 2. The number of rotatable bonds is 0. The minimum atomic E-state index is -0.297. The Balaban J connectivity index is 1.63. The highest BCUT2D eigenvalue weighted by molar-refractivity contribution is 9.11. The Labute approximate surface area is 128 Å². The van der Waals surface area contributed by atoms with Crippen molar-refractivity contribution in [3.05, 3.63) is 39.9 Å². The summed E-state index contributed by atoms with van der Waals surface area (Å²) in [6.07, 6.45) is 7.49. The highest BCUT2D eigenvalue weighted by Crippen LogP contribution is 2.55. The lowest BCUT2D eigenvalue weighted by molar-refractivity contribution is -0.283. The van der Waals surface area contributed by atoms with Crippen LogP contribution in [0.2, 0.25) is 0 Å². The second kappa shape index (κ2) is 4.69. The summed E-state index contributed by atoms with van der Waals surface area (Å²) >= 11 is 3.83. The summed E-state index contributed by atoms with van der Waals surface area (Å²) < 4.78 is 13.3. The van der Waals surface area contributed by atoms with Gasteiger partial charge in [-0.05, 0) is 36.5 Å². The first-order valence-corrected chi connectivity index (χ1v) is 8.29. The van der Waals surface area contributed by atoms with Crippen molar-refractivity contribution in [2.45, 2.75) is 43.3 Å². The van der Waals surface area contributed by atoms with Gasteiger partial charge in [0, 0.05) is 22.7 Å². The SMILES string of the molecule is BrC1=Cc2ccccc2C12CCC1(CC2)OCCCO1. The minimum Gasteiger partial charge on any atom is -0.350 e. The van der Waals surface area contributed by atoms with Crippen LogP contribution in [0.4, 0.5) is 0 Å². The Bertz CT molecular complexity index is 548. The summed E-state index contributed by atoms with van der Waals surface area (Å²) in [6.45, 7) is 1.70. The van der Waals surface area contributed by atoms with E-state index >= 15 is 0 Å². The molecular formula is C17H19BrO2. The average Bonchev–Trinajstić information content (AvgIpc) is 2.76. The van der Waals surface area contributed by atoms with Crippen molar-refractivity contribution in [1.82, 2.24) is 0 Å². The van der Waals surface area contributed by atoms with Crippen LogP contribution in [0, 0.1) is 0 Å². The predicted molar refractivity (Wildman–Crippen MR) is 82.7 cm³/mol. The molecule has 2 aliphatic carbocycles. The fourth-order valence-electron chi connectivity index (χ4n) is 3.93. The highest BCUT2D eigenvalue weighted by Gasteiger charge is 2.49. The third-order valence-corrected chi connectivity index (χ3v) is 6.09. The molecule has 0 amide bonds. The molecule has 1 aliphatic heterocycles. The van der Waals surface area contributed by atoms with E-state index in [4.69, 9.17) is 9.47 Å². The number of ether oxygens (including phenoxy) is 2. The van der Waals surface area contributed by atoms with Gasteiger partial charge in [-0.2, -0.15) is 0 Å². The largest absolute Gasteiger partial charge is 0.350 e. The molecule has 106 valence electrons. The van der Waals surface area contributed by atoms with Crippen LogP contribution in [-0.2, 0) is 14.9 Å². The zero-order chi connectivity index (χ0) is 13.6. The lowest BCUT2D eigenvalue weighted by atomic mass is 9.69. The van der Waals surface area contributed by atoms with E-state index in [1.165, 1.54) is 15.6 Å². The van der Waals surface area contributed by atoms with E-state index in [-0.39, 0.29) is 11.2 Å². The fourth-order valence-corrected chi connectivity index (χ4v) is 4.79. The molecule has 1 aromatic carbocycles. The maximum Gasteiger partial charge on any atom is 0.168 e. The van der Waals surface area contributed by atoms with E-state index in [1.54, 1.807) is 0 Å². The molecule has 2 nitrogen and oxygen atoms in total. The Hall–Kier alpha value is -0.640. The van der Waals surface area contributed by atoms with Gasteiger partial charge in [0.1, 0.15) is 0 Å². The van der Waals surface area contributed by atoms with Crippen LogP contribution in [0.1, 0.15) is 43.2 Å². The van der Waals surface area contributed by atoms with Gasteiger partial charge in [-0.25, -0.2) is 0 Å². The molecule has 0 radical (unpaired) electrons. The molecule has 1 saturated carbocycles. The van der Waals surface area contributed by atoms with Crippen LogP contribution < -0.4 is 0 Å². The zero-order valence-electron chi connectivity index (χ0n) is 11.5. The first-order valence-electron chi connectivity index (χ1n) is 7.49. The summed E-state index contributed by atoms with van der Waals surface area (Å²) in [5, 5.41) is 0. The van der Waals surface area contributed by atoms with Crippen molar-refractivity contribution in [2.24, 2.45) is 0 Å². The van der Waals surface area contributed by atoms with Crippen molar-refractivity contribution >= 4 is 22.0 Å². The van der Waals surface area contributed by atoms with Crippen LogP contribution >= 0.6 is 15.9 Å². The first-order chi connectivity index (χ1) is 9.74. The molecule has 0 aromatic heterocycles. The molecule has 3 aliphatic rings. The van der Waals surface area contributed by atoms with Crippen LogP contribution in [0.15, 0.2) is 28.7 Å². The molecule has 1 aromatic rings. The van der Waals surface area contributed by atoms with Gasteiger partial charge in [0.15, 0.2) is 5.79 Å². The normalized spacial score (nSPS) is 26.6. The van der Waals surface area contributed by atoms with Gasteiger partial charge in [0.05, 0.1) is 13.2 Å². The van der Waals surface area contributed by atoms with Crippen molar-refractivity contribution in [1.29, 1.82) is 0 Å². The van der Waals surface area contributed by atoms with E-state index in [9.17, 15) is 0 Å². The van der Waals surface area contributed by atoms with E-state index < -0.39 is 0 Å². The van der Waals surface area contributed by atoms with Gasteiger partial charge in [-0.3, -0.25) is 0 Å². The molecule has 0 atom stereocenters. The number of hydrogen-bond donors (Lipinski definition) is 0. The summed E-state index contributed by atoms with van der Waals surface area (Å²) in [4.78, 5) is 0. The third kappa shape index (κ3) is 1.83. The molecule has 3 heteroatoms. The smallest absolute Gasteiger partial charge is 0.168 e. The van der Waals surface area contributed by atoms with Gasteiger partial charge in [-0.15, -0.1) is 0 Å². The average molecular weight is 335 g/mol. The molecule has 0 N–H and O–H groups in total. The van der Waals surface area contributed by atoms with Crippen molar-refractivity contribution < 1.29 is 9.47 Å². The summed E-state index contributed by atoms with van der Waals surface area (Å²) in [7, 11) is 0. The van der Waals surface area contributed by atoms with E-state index in [0.717, 1.165) is 45.3 Å². The van der Waals surface area contributed by atoms with Crippen LogP contribution in [0.25, 0.3) is 6.08 Å². The molecule has 1 saturated heterocycles. The van der Waals surface area contributed by atoms with Crippen molar-refractivity contribution in [3.8, 4) is 0 Å². The van der Waals surface area contributed by atoms with Crippen molar-refractivity contribution in [2.75, 3.05) is 13.2 Å². The lowest BCUT2D eigenvalue weighted by Crippen LogP contribution is -2.47. The van der Waals surface area contributed by atoms with Gasteiger partial charge in [-0.1, -0.05) is 40.2 Å². The maximum absolute atomic E-state index is 5.98. The van der Waals surface area contributed by atoms with Crippen molar-refractivity contribution in [3.63, 3.8) is 0 Å². The second-order valence-electron chi connectivity index (χ2n) is 6.12. The van der Waals surface area contributed by atoms with Gasteiger partial charge < -0.3 is 9.47 Å². The Morgan fingerprint density at radius 2 is 1.65 bits per heavy atom. The number of benzene rings is 1. The number of fused-ring (bicyclic) bond motifs is 2. The minimum absolute atomic E-state index is 0.159. The van der Waals surface area contributed by atoms with E-state index in [2.05, 4.69) is 46.3 Å². The molecule has 0 bridgehead atoms. The molecule has 2 fully saturated rings. The Morgan fingerprint density at radius 3 is 2.40 bits per heavy atom. The fraction of sp³-hybridized carbons (Fsp3) is 0.529. The molecule has 4 rings (SSSR count). The van der Waals surface area contributed by atoms with Gasteiger partial charge >= 0.3 is 0 Å². The van der Waals surface area contributed by atoms with E-state index in [0.29, 0.717) is 0 Å². The quantitative estimate of drug-likeness (QED) is 0.700. The van der Waals surface area contributed by atoms with Crippen LogP contribution in [-0.4, -0.2) is 19.0 Å². The standard InChI is InChI=1S/C17H19BrO2/c18-15-12-13-4-1-2-5-14(13)16(15)6-8-17(9-7-16)19-10-3-11-20-17/h1-2,4-5,12H,3,6-11H2. The number of allylic oxidation sites excluding steroid dienone is 1. The zero-order valence-corrected chi connectivity index (χ0v) is 13.1. The lowest BCUT2D eigenvalue weighted by Gasteiger charge is -2.46.